The molecule has 11 heteroatoms. The van der Waals surface area contributed by atoms with Crippen molar-refractivity contribution in [2.45, 2.75) is 50.5 Å². The van der Waals surface area contributed by atoms with Crippen LogP contribution in [0.15, 0.2) is 30.5 Å². The Labute approximate surface area is 209 Å². The molecule has 2 aliphatic rings. The summed E-state index contributed by atoms with van der Waals surface area (Å²) in [5, 5.41) is 11.4. The number of rotatable bonds is 6. The average Bonchev–Trinajstić information content (AvgIpc) is 3.49. The lowest BCUT2D eigenvalue weighted by Gasteiger charge is -2.30. The van der Waals surface area contributed by atoms with Crippen molar-refractivity contribution >= 4 is 27.6 Å². The first-order valence-electron chi connectivity index (χ1n) is 11.9. The van der Waals surface area contributed by atoms with Gasteiger partial charge < -0.3 is 5.32 Å². The third-order valence-electron chi connectivity index (χ3n) is 6.91. The van der Waals surface area contributed by atoms with Crippen molar-refractivity contribution in [2.24, 2.45) is 0 Å². The Morgan fingerprint density at radius 2 is 1.89 bits per heavy atom. The standard InChI is InChI=1S/C24H28ClFN6O2S/c1-35(33,34)32-12-9-15(10-13-32)22-21(23(31-30-22)18-7-6-16(25)14-19(18)26)20-8-11-27-24(29-20)28-17-4-2-3-5-17/h6-8,11,14-15,17H,2-5,9-10,12-13H2,1H3,(H,30,31)(H,27,28,29). The van der Waals surface area contributed by atoms with Crippen LogP contribution in [-0.4, -0.2) is 58.3 Å². The predicted octanol–water partition coefficient (Wildman–Crippen LogP) is 4.82. The molecule has 1 saturated heterocycles. The third kappa shape index (κ3) is 5.19. The molecule has 0 atom stereocenters. The maximum absolute atomic E-state index is 15.0. The first-order chi connectivity index (χ1) is 16.8. The number of aromatic nitrogens is 4. The van der Waals surface area contributed by atoms with Gasteiger partial charge in [-0.25, -0.2) is 27.1 Å². The van der Waals surface area contributed by atoms with Gasteiger partial charge in [-0.3, -0.25) is 5.10 Å². The largest absolute Gasteiger partial charge is 0.351 e. The Bertz CT molecular complexity index is 1320. The molecule has 0 unspecified atom stereocenters. The van der Waals surface area contributed by atoms with Gasteiger partial charge in [-0.05, 0) is 49.9 Å². The fourth-order valence-electron chi connectivity index (χ4n) is 5.08. The number of benzene rings is 1. The molecule has 8 nitrogen and oxygen atoms in total. The van der Waals surface area contributed by atoms with Crippen molar-refractivity contribution < 1.29 is 12.8 Å². The lowest BCUT2D eigenvalue weighted by molar-refractivity contribution is 0.319. The van der Waals surface area contributed by atoms with Crippen LogP contribution in [-0.2, 0) is 10.0 Å². The third-order valence-corrected chi connectivity index (χ3v) is 8.45. The number of anilines is 1. The molecule has 0 radical (unpaired) electrons. The van der Waals surface area contributed by atoms with Crippen molar-refractivity contribution in [1.82, 2.24) is 24.5 Å². The second kappa shape index (κ2) is 9.83. The van der Waals surface area contributed by atoms with E-state index in [2.05, 4.69) is 20.5 Å². The van der Waals surface area contributed by atoms with Crippen LogP contribution in [0.3, 0.4) is 0 Å². The molecule has 2 fully saturated rings. The van der Waals surface area contributed by atoms with Crippen LogP contribution in [0.1, 0.15) is 50.1 Å². The molecule has 35 heavy (non-hydrogen) atoms. The highest BCUT2D eigenvalue weighted by Crippen LogP contribution is 2.40. The molecule has 1 aliphatic carbocycles. The number of halogens is 2. The summed E-state index contributed by atoms with van der Waals surface area (Å²) >= 11 is 5.99. The molecule has 5 rings (SSSR count). The topological polar surface area (TPSA) is 104 Å². The van der Waals surface area contributed by atoms with Crippen molar-refractivity contribution in [2.75, 3.05) is 24.7 Å². The summed E-state index contributed by atoms with van der Waals surface area (Å²) < 4.78 is 40.4. The van der Waals surface area contributed by atoms with Crippen molar-refractivity contribution in [3.8, 4) is 22.5 Å². The number of aromatic amines is 1. The van der Waals surface area contributed by atoms with Crippen LogP contribution in [0, 0.1) is 5.82 Å². The molecule has 0 bridgehead atoms. The van der Waals surface area contributed by atoms with E-state index in [9.17, 15) is 12.8 Å². The number of nitrogens with one attached hydrogen (secondary N) is 2. The number of nitrogens with zero attached hydrogens (tertiary/aromatic N) is 4. The molecule has 1 saturated carbocycles. The summed E-state index contributed by atoms with van der Waals surface area (Å²) in [6.45, 7) is 0.843. The molecule has 186 valence electrons. The zero-order valence-corrected chi connectivity index (χ0v) is 21.0. The Kier molecular flexibility index (Phi) is 6.78. The fraction of sp³-hybridized carbons (Fsp3) is 0.458. The van der Waals surface area contributed by atoms with E-state index in [1.807, 2.05) is 0 Å². The molecular weight excluding hydrogens is 491 g/mol. The van der Waals surface area contributed by atoms with E-state index in [1.165, 1.54) is 29.5 Å². The molecule has 0 amide bonds. The van der Waals surface area contributed by atoms with Crippen molar-refractivity contribution in [3.05, 3.63) is 47.0 Å². The molecule has 3 aromatic rings. The van der Waals surface area contributed by atoms with E-state index in [0.29, 0.717) is 65.5 Å². The SMILES string of the molecule is CS(=O)(=O)N1CCC(c2[nH]nc(-c3ccc(Cl)cc3F)c2-c2ccnc(NC3CCCC3)n2)CC1. The zero-order valence-electron chi connectivity index (χ0n) is 19.5. The van der Waals surface area contributed by atoms with Crippen LogP contribution in [0.4, 0.5) is 10.3 Å². The van der Waals surface area contributed by atoms with E-state index in [0.717, 1.165) is 18.5 Å². The number of sulfonamides is 1. The van der Waals surface area contributed by atoms with Gasteiger partial charge in [-0.1, -0.05) is 24.4 Å². The summed E-state index contributed by atoms with van der Waals surface area (Å²) in [5.41, 5.74) is 2.95. The summed E-state index contributed by atoms with van der Waals surface area (Å²) in [7, 11) is -3.24. The maximum Gasteiger partial charge on any atom is 0.223 e. The molecule has 1 aliphatic heterocycles. The van der Waals surface area contributed by atoms with Crippen LogP contribution in [0.25, 0.3) is 22.5 Å². The van der Waals surface area contributed by atoms with E-state index < -0.39 is 15.8 Å². The average molecular weight is 519 g/mol. The normalized spacial score (nSPS) is 18.3. The van der Waals surface area contributed by atoms with Gasteiger partial charge in [0.25, 0.3) is 0 Å². The summed E-state index contributed by atoms with van der Waals surface area (Å²) in [6.07, 6.45) is 8.74. The highest BCUT2D eigenvalue weighted by atomic mass is 35.5. The van der Waals surface area contributed by atoms with Gasteiger partial charge >= 0.3 is 0 Å². The number of piperidine rings is 1. The minimum absolute atomic E-state index is 0.0285. The molecule has 3 heterocycles. The molecule has 2 aromatic heterocycles. The smallest absolute Gasteiger partial charge is 0.223 e. The summed E-state index contributed by atoms with van der Waals surface area (Å²) in [6, 6.07) is 6.67. The molecule has 2 N–H and O–H groups in total. The van der Waals surface area contributed by atoms with E-state index in [4.69, 9.17) is 16.6 Å². The highest BCUT2D eigenvalue weighted by molar-refractivity contribution is 7.88. The van der Waals surface area contributed by atoms with Gasteiger partial charge in [0.15, 0.2) is 0 Å². The lowest BCUT2D eigenvalue weighted by atomic mass is 9.89. The quantitative estimate of drug-likeness (QED) is 0.485. The molecular formula is C24H28ClFN6O2S. The number of hydrogen-bond donors (Lipinski definition) is 2. The lowest BCUT2D eigenvalue weighted by Crippen LogP contribution is -2.37. The van der Waals surface area contributed by atoms with Crippen LogP contribution < -0.4 is 5.32 Å². The number of hydrogen-bond acceptors (Lipinski definition) is 6. The Hall–Kier alpha value is -2.56. The predicted molar refractivity (Wildman–Crippen MR) is 134 cm³/mol. The molecule has 1 aromatic carbocycles. The van der Waals surface area contributed by atoms with E-state index in [1.54, 1.807) is 24.4 Å². The van der Waals surface area contributed by atoms with Crippen molar-refractivity contribution in [3.63, 3.8) is 0 Å². The van der Waals surface area contributed by atoms with Crippen LogP contribution >= 0.6 is 11.6 Å². The van der Waals surface area contributed by atoms with Crippen LogP contribution in [0.5, 0.6) is 0 Å². The van der Waals surface area contributed by atoms with E-state index in [-0.39, 0.29) is 5.92 Å². The summed E-state index contributed by atoms with van der Waals surface area (Å²) in [5.74, 6) is 0.0962. The molecule has 0 spiro atoms. The Morgan fingerprint density at radius 3 is 2.57 bits per heavy atom. The zero-order chi connectivity index (χ0) is 24.6. The fourth-order valence-corrected chi connectivity index (χ4v) is 6.12. The van der Waals surface area contributed by atoms with Gasteiger partial charge in [0.2, 0.25) is 16.0 Å². The van der Waals surface area contributed by atoms with Gasteiger partial charge in [0, 0.05) is 53.1 Å². The van der Waals surface area contributed by atoms with E-state index >= 15 is 0 Å². The van der Waals surface area contributed by atoms with Crippen molar-refractivity contribution in [1.29, 1.82) is 0 Å². The second-order valence-electron chi connectivity index (χ2n) is 9.31. The highest BCUT2D eigenvalue weighted by Gasteiger charge is 2.31. The monoisotopic (exact) mass is 518 g/mol. The summed E-state index contributed by atoms with van der Waals surface area (Å²) in [4.78, 5) is 9.19. The Balaban J connectivity index is 1.54. The number of H-pyrrole nitrogens is 1. The van der Waals surface area contributed by atoms with Gasteiger partial charge in [-0.15, -0.1) is 0 Å². The minimum Gasteiger partial charge on any atom is -0.351 e. The first-order valence-corrected chi connectivity index (χ1v) is 14.1. The van der Waals surface area contributed by atoms with Gasteiger partial charge in [0.05, 0.1) is 11.9 Å². The minimum atomic E-state index is -3.24. The first kappa shape index (κ1) is 24.1. The Morgan fingerprint density at radius 1 is 1.14 bits per heavy atom. The van der Waals surface area contributed by atoms with Gasteiger partial charge in [-0.2, -0.15) is 5.10 Å². The maximum atomic E-state index is 15.0. The second-order valence-corrected chi connectivity index (χ2v) is 11.7. The van der Waals surface area contributed by atoms with Gasteiger partial charge in [0.1, 0.15) is 11.5 Å². The van der Waals surface area contributed by atoms with Crippen LogP contribution in [0.2, 0.25) is 5.02 Å².